The molecular formula is C19H27ClN4O2. The fraction of sp³-hybridized carbons (Fsp3) is 0.579. The highest BCUT2D eigenvalue weighted by Gasteiger charge is 2.40. The molecule has 0 bridgehead atoms. The molecule has 142 valence electrons. The molecule has 3 amide bonds. The Balaban J connectivity index is 1.61. The molecule has 6 nitrogen and oxygen atoms in total. The zero-order chi connectivity index (χ0) is 18.6. The molecule has 1 aromatic carbocycles. The van der Waals surface area contributed by atoms with Crippen molar-refractivity contribution in [3.8, 4) is 0 Å². The van der Waals surface area contributed by atoms with Crippen LogP contribution in [0.15, 0.2) is 18.2 Å². The van der Waals surface area contributed by atoms with Gasteiger partial charge in [0, 0.05) is 24.8 Å². The molecule has 0 aromatic heterocycles. The van der Waals surface area contributed by atoms with Crippen LogP contribution in [0.1, 0.15) is 48.9 Å². The predicted octanol–water partition coefficient (Wildman–Crippen LogP) is 3.23. The lowest BCUT2D eigenvalue weighted by Gasteiger charge is -2.39. The van der Waals surface area contributed by atoms with Gasteiger partial charge >= 0.3 is 6.03 Å². The highest BCUT2D eigenvalue weighted by molar-refractivity contribution is 6.34. The van der Waals surface area contributed by atoms with Gasteiger partial charge in [-0.1, -0.05) is 24.4 Å². The number of hydrogen-bond acceptors (Lipinski definition) is 3. The first-order valence-electron chi connectivity index (χ1n) is 9.36. The predicted molar refractivity (Wildman–Crippen MR) is 104 cm³/mol. The van der Waals surface area contributed by atoms with E-state index in [2.05, 4.69) is 20.9 Å². The molecule has 0 radical (unpaired) electrons. The number of benzene rings is 1. The van der Waals surface area contributed by atoms with Crippen LogP contribution in [0.2, 0.25) is 5.02 Å². The molecule has 0 spiro atoms. The van der Waals surface area contributed by atoms with Crippen LogP contribution in [0.5, 0.6) is 0 Å². The molecule has 2 aliphatic rings. The summed E-state index contributed by atoms with van der Waals surface area (Å²) in [6.45, 7) is 2.93. The van der Waals surface area contributed by atoms with Crippen LogP contribution in [0, 0.1) is 0 Å². The van der Waals surface area contributed by atoms with Gasteiger partial charge in [0.05, 0.1) is 10.6 Å². The lowest BCUT2D eigenvalue weighted by Crippen LogP contribution is -2.53. The normalized spacial score (nSPS) is 19.3. The summed E-state index contributed by atoms with van der Waals surface area (Å²) in [6.07, 6.45) is 7.25. The molecule has 1 heterocycles. The molecule has 7 heteroatoms. The van der Waals surface area contributed by atoms with Crippen molar-refractivity contribution in [1.29, 1.82) is 0 Å². The molecule has 1 aromatic rings. The second-order valence-electron chi connectivity index (χ2n) is 7.21. The average Bonchev–Trinajstić information content (AvgIpc) is 3.33. The number of nitrogens with one attached hydrogen (secondary N) is 3. The minimum Gasteiger partial charge on any atom is -0.355 e. The molecule has 0 unspecified atom stereocenters. The Morgan fingerprint density at radius 1 is 1.15 bits per heavy atom. The topological polar surface area (TPSA) is 73.5 Å². The van der Waals surface area contributed by atoms with E-state index in [1.54, 1.807) is 25.2 Å². The first-order chi connectivity index (χ1) is 12.5. The third-order valence-electron chi connectivity index (χ3n) is 5.59. The smallest absolute Gasteiger partial charge is 0.319 e. The minimum absolute atomic E-state index is 0.112. The Kier molecular flexibility index (Phi) is 6.04. The number of likely N-dealkylation sites (tertiary alicyclic amines) is 1. The number of carbonyl (C=O) groups is 2. The maximum atomic E-state index is 12.4. The maximum absolute atomic E-state index is 12.4. The van der Waals surface area contributed by atoms with Crippen molar-refractivity contribution < 1.29 is 9.59 Å². The van der Waals surface area contributed by atoms with Gasteiger partial charge in [0.1, 0.15) is 0 Å². The standard InChI is InChI=1S/C19H27ClN4O2/c1-21-17(25)15-12-14(6-7-16(15)20)23-18(26)22-13-19(8-2-3-9-19)24-10-4-5-11-24/h6-7,12H,2-5,8-11,13H2,1H3,(H,21,25)(H2,22,23,26). The summed E-state index contributed by atoms with van der Waals surface area (Å²) in [5.74, 6) is -0.280. The monoisotopic (exact) mass is 378 g/mol. The molecule has 1 saturated heterocycles. The van der Waals surface area contributed by atoms with Crippen molar-refractivity contribution >= 4 is 29.2 Å². The van der Waals surface area contributed by atoms with Crippen molar-refractivity contribution in [2.45, 2.75) is 44.1 Å². The van der Waals surface area contributed by atoms with Crippen molar-refractivity contribution in [2.24, 2.45) is 0 Å². The second-order valence-corrected chi connectivity index (χ2v) is 7.61. The van der Waals surface area contributed by atoms with Crippen LogP contribution < -0.4 is 16.0 Å². The Hall–Kier alpha value is -1.79. The summed E-state index contributed by atoms with van der Waals surface area (Å²) in [4.78, 5) is 26.8. The van der Waals surface area contributed by atoms with E-state index in [0.717, 1.165) is 25.9 Å². The van der Waals surface area contributed by atoms with Gasteiger partial charge in [-0.15, -0.1) is 0 Å². The van der Waals surface area contributed by atoms with Crippen molar-refractivity contribution in [3.05, 3.63) is 28.8 Å². The molecule has 1 saturated carbocycles. The lowest BCUT2D eigenvalue weighted by molar-refractivity contribution is 0.0963. The Morgan fingerprint density at radius 3 is 2.50 bits per heavy atom. The van der Waals surface area contributed by atoms with Gasteiger partial charge in [0.2, 0.25) is 0 Å². The molecule has 0 atom stereocenters. The molecule has 1 aliphatic carbocycles. The van der Waals surface area contributed by atoms with Gasteiger partial charge in [-0.25, -0.2) is 4.79 Å². The number of nitrogens with zero attached hydrogens (tertiary/aromatic N) is 1. The molecule has 1 aliphatic heterocycles. The third-order valence-corrected chi connectivity index (χ3v) is 5.91. The number of rotatable bonds is 5. The Labute approximate surface area is 159 Å². The quantitative estimate of drug-likeness (QED) is 0.736. The highest BCUT2D eigenvalue weighted by Crippen LogP contribution is 2.36. The van der Waals surface area contributed by atoms with Crippen molar-refractivity contribution in [2.75, 3.05) is 32.0 Å². The minimum atomic E-state index is -0.280. The van der Waals surface area contributed by atoms with Gasteiger partial charge in [-0.3, -0.25) is 9.69 Å². The van der Waals surface area contributed by atoms with Crippen LogP contribution in [0.4, 0.5) is 10.5 Å². The van der Waals surface area contributed by atoms with Gasteiger partial charge < -0.3 is 16.0 Å². The van der Waals surface area contributed by atoms with E-state index in [0.29, 0.717) is 22.8 Å². The number of anilines is 1. The number of carbonyl (C=O) groups excluding carboxylic acids is 2. The maximum Gasteiger partial charge on any atom is 0.319 e. The zero-order valence-electron chi connectivity index (χ0n) is 15.2. The number of hydrogen-bond donors (Lipinski definition) is 3. The van der Waals surface area contributed by atoms with Crippen LogP contribution in [0.3, 0.4) is 0 Å². The summed E-state index contributed by atoms with van der Waals surface area (Å²) in [5, 5.41) is 8.76. The fourth-order valence-electron chi connectivity index (χ4n) is 4.16. The van der Waals surface area contributed by atoms with Crippen molar-refractivity contribution in [3.63, 3.8) is 0 Å². The van der Waals surface area contributed by atoms with Gasteiger partial charge in [0.15, 0.2) is 0 Å². The summed E-state index contributed by atoms with van der Waals surface area (Å²) in [7, 11) is 1.55. The number of urea groups is 1. The summed E-state index contributed by atoms with van der Waals surface area (Å²) in [6, 6.07) is 4.65. The number of halogens is 1. The second kappa shape index (κ2) is 8.27. The summed E-state index contributed by atoms with van der Waals surface area (Å²) < 4.78 is 0. The Morgan fingerprint density at radius 2 is 1.85 bits per heavy atom. The van der Waals surface area contributed by atoms with Gasteiger partial charge in [0.25, 0.3) is 5.91 Å². The third kappa shape index (κ3) is 4.13. The number of amides is 3. The zero-order valence-corrected chi connectivity index (χ0v) is 16.0. The summed E-state index contributed by atoms with van der Waals surface area (Å²) in [5.41, 5.74) is 1.00. The van der Waals surface area contributed by atoms with Gasteiger partial charge in [-0.2, -0.15) is 0 Å². The lowest BCUT2D eigenvalue weighted by atomic mass is 9.95. The van der Waals surface area contributed by atoms with Gasteiger partial charge in [-0.05, 0) is 57.0 Å². The van der Waals surface area contributed by atoms with Crippen LogP contribution in [0.25, 0.3) is 0 Å². The molecule has 3 rings (SSSR count). The molecular weight excluding hydrogens is 352 g/mol. The average molecular weight is 379 g/mol. The van der Waals surface area contributed by atoms with E-state index in [1.807, 2.05) is 0 Å². The Bertz CT molecular complexity index is 668. The molecule has 26 heavy (non-hydrogen) atoms. The van der Waals surface area contributed by atoms with Crippen molar-refractivity contribution in [1.82, 2.24) is 15.5 Å². The first-order valence-corrected chi connectivity index (χ1v) is 9.73. The SMILES string of the molecule is CNC(=O)c1cc(NC(=O)NCC2(N3CCCC3)CCCC2)ccc1Cl. The van der Waals surface area contributed by atoms with E-state index in [4.69, 9.17) is 11.6 Å². The van der Waals surface area contributed by atoms with E-state index in [9.17, 15) is 9.59 Å². The van der Waals surface area contributed by atoms with Crippen LogP contribution >= 0.6 is 11.6 Å². The van der Waals surface area contributed by atoms with E-state index >= 15 is 0 Å². The van der Waals surface area contributed by atoms with E-state index < -0.39 is 0 Å². The molecule has 2 fully saturated rings. The van der Waals surface area contributed by atoms with Crippen LogP contribution in [-0.4, -0.2) is 49.1 Å². The van der Waals surface area contributed by atoms with E-state index in [-0.39, 0.29) is 17.5 Å². The first kappa shape index (κ1) is 19.0. The largest absolute Gasteiger partial charge is 0.355 e. The van der Waals surface area contributed by atoms with Crippen LogP contribution in [-0.2, 0) is 0 Å². The molecule has 3 N–H and O–H groups in total. The summed E-state index contributed by atoms with van der Waals surface area (Å²) >= 11 is 6.05. The highest BCUT2D eigenvalue weighted by atomic mass is 35.5. The fourth-order valence-corrected chi connectivity index (χ4v) is 4.36. The van der Waals surface area contributed by atoms with E-state index in [1.165, 1.54) is 25.7 Å².